The highest BCUT2D eigenvalue weighted by Gasteiger charge is 2.38. The minimum atomic E-state index is -3.51. The molecule has 39 heavy (non-hydrogen) atoms. The minimum Gasteiger partial charge on any atom is -0.340 e. The van der Waals surface area contributed by atoms with Gasteiger partial charge in [-0.25, -0.2) is 22.8 Å². The summed E-state index contributed by atoms with van der Waals surface area (Å²) >= 11 is 0. The molecule has 11 heteroatoms. The van der Waals surface area contributed by atoms with Gasteiger partial charge in [-0.1, -0.05) is 6.07 Å². The van der Waals surface area contributed by atoms with Crippen molar-refractivity contribution in [1.29, 1.82) is 0 Å². The fourth-order valence-corrected chi connectivity index (χ4v) is 6.44. The van der Waals surface area contributed by atoms with Gasteiger partial charge in [-0.15, -0.1) is 0 Å². The lowest BCUT2D eigenvalue weighted by Crippen LogP contribution is -2.42. The first kappa shape index (κ1) is 27.3. The molecule has 0 unspecified atom stereocenters. The average Bonchev–Trinajstić information content (AvgIpc) is 3.30. The van der Waals surface area contributed by atoms with Crippen LogP contribution in [0.15, 0.2) is 36.7 Å². The van der Waals surface area contributed by atoms with Crippen LogP contribution < -0.4 is 14.9 Å². The number of fused-ring (bicyclic) bond motifs is 1. The Labute approximate surface area is 229 Å². The first-order chi connectivity index (χ1) is 18.4. The quantitative estimate of drug-likeness (QED) is 0.434. The highest BCUT2D eigenvalue weighted by molar-refractivity contribution is 7.94. The highest BCUT2D eigenvalue weighted by atomic mass is 32.2. The molecule has 0 atom stereocenters. The number of nitrogens with zero attached hydrogens (tertiary/aromatic N) is 5. The van der Waals surface area contributed by atoms with Crippen molar-refractivity contribution >= 4 is 39.0 Å². The average molecular weight is 554 g/mol. The van der Waals surface area contributed by atoms with Gasteiger partial charge in [0, 0.05) is 41.8 Å². The van der Waals surface area contributed by atoms with E-state index in [0.29, 0.717) is 41.5 Å². The number of aromatic nitrogens is 3. The van der Waals surface area contributed by atoms with Gasteiger partial charge in [0.15, 0.2) is 0 Å². The van der Waals surface area contributed by atoms with Crippen LogP contribution in [0.25, 0.3) is 0 Å². The van der Waals surface area contributed by atoms with Gasteiger partial charge in [0.1, 0.15) is 17.5 Å². The first-order valence-electron chi connectivity index (χ1n) is 13.3. The summed E-state index contributed by atoms with van der Waals surface area (Å²) in [7, 11) is -1.43. The molecular formula is C28H36FN7O2S. The molecule has 3 aromatic rings. The Morgan fingerprint density at radius 1 is 1.03 bits per heavy atom. The monoisotopic (exact) mass is 553 g/mol. The Balaban J connectivity index is 1.34. The molecule has 1 aromatic carbocycles. The molecule has 0 spiro atoms. The fraction of sp³-hybridized carbons (Fsp3) is 0.464. The Morgan fingerprint density at radius 3 is 2.46 bits per heavy atom. The number of hydrogen-bond donors (Lipinski definition) is 2. The minimum absolute atomic E-state index is 0.177. The Bertz CT molecular complexity index is 1480. The molecule has 2 aliphatic rings. The largest absolute Gasteiger partial charge is 0.340 e. The van der Waals surface area contributed by atoms with Crippen molar-refractivity contribution in [3.05, 3.63) is 59.2 Å². The fourth-order valence-electron chi connectivity index (χ4n) is 5.02. The maximum atomic E-state index is 15.0. The van der Waals surface area contributed by atoms with Gasteiger partial charge in [0.25, 0.3) is 0 Å². The lowest BCUT2D eigenvalue weighted by atomic mass is 9.90. The Kier molecular flexibility index (Phi) is 7.23. The van der Waals surface area contributed by atoms with E-state index in [0.717, 1.165) is 37.1 Å². The molecule has 0 saturated carbocycles. The standard InChI is InChI=1S/C28H36FN7O2S/c1-18-16-31-27(33-25-15-23(29)22(17-30-25)19-8-11-35(5)12-9-19)34-26(18)32-21-7-6-20-10-13-36(24(20)14-21)39(37,38)28(2,3)4/h6-7,14-17,19H,8-13H2,1-5H3,(H2,30,31,32,33,34). The van der Waals surface area contributed by atoms with Gasteiger partial charge in [0.05, 0.1) is 10.4 Å². The van der Waals surface area contributed by atoms with Crippen LogP contribution in [0, 0.1) is 12.7 Å². The van der Waals surface area contributed by atoms with E-state index in [4.69, 9.17) is 0 Å². The van der Waals surface area contributed by atoms with Crippen LogP contribution in [0.3, 0.4) is 0 Å². The van der Waals surface area contributed by atoms with E-state index in [1.807, 2.05) is 25.1 Å². The van der Waals surface area contributed by atoms with Crippen molar-refractivity contribution in [1.82, 2.24) is 19.9 Å². The van der Waals surface area contributed by atoms with E-state index in [9.17, 15) is 12.8 Å². The van der Waals surface area contributed by atoms with Gasteiger partial charge in [-0.2, -0.15) is 4.98 Å². The molecule has 2 aliphatic heterocycles. The summed E-state index contributed by atoms with van der Waals surface area (Å²) < 4.78 is 41.9. The van der Waals surface area contributed by atoms with Crippen molar-refractivity contribution in [2.24, 2.45) is 0 Å². The molecular weight excluding hydrogens is 517 g/mol. The zero-order valence-corrected chi connectivity index (χ0v) is 23.9. The van der Waals surface area contributed by atoms with Gasteiger partial charge in [-0.05, 0) is 90.7 Å². The summed E-state index contributed by atoms with van der Waals surface area (Å²) in [6.45, 7) is 9.35. The van der Waals surface area contributed by atoms with E-state index in [-0.39, 0.29) is 17.7 Å². The number of anilines is 5. The lowest BCUT2D eigenvalue weighted by Gasteiger charge is -2.29. The molecule has 2 aromatic heterocycles. The normalized spacial score (nSPS) is 16.8. The van der Waals surface area contributed by atoms with Crippen LogP contribution in [0.1, 0.15) is 56.2 Å². The maximum Gasteiger partial charge on any atom is 0.240 e. The second kappa shape index (κ2) is 10.3. The third kappa shape index (κ3) is 5.56. The van der Waals surface area contributed by atoms with Crippen molar-refractivity contribution < 1.29 is 12.8 Å². The topological polar surface area (TPSA) is 103 Å². The number of aryl methyl sites for hydroxylation is 1. The van der Waals surface area contributed by atoms with Crippen molar-refractivity contribution in [2.75, 3.05) is 41.6 Å². The molecule has 208 valence electrons. The third-order valence-electron chi connectivity index (χ3n) is 7.52. The van der Waals surface area contributed by atoms with Gasteiger partial charge >= 0.3 is 0 Å². The number of sulfonamides is 1. The van der Waals surface area contributed by atoms with Gasteiger partial charge in [-0.3, -0.25) is 4.31 Å². The number of halogens is 1. The molecule has 1 fully saturated rings. The highest BCUT2D eigenvalue weighted by Crippen LogP contribution is 2.37. The predicted octanol–water partition coefficient (Wildman–Crippen LogP) is 5.11. The number of nitrogens with one attached hydrogen (secondary N) is 2. The van der Waals surface area contributed by atoms with Crippen LogP contribution in [0.4, 0.5) is 33.3 Å². The predicted molar refractivity (Wildman–Crippen MR) is 153 cm³/mol. The summed E-state index contributed by atoms with van der Waals surface area (Å²) in [5.74, 6) is 1.06. The van der Waals surface area contributed by atoms with E-state index in [1.165, 1.54) is 10.4 Å². The molecule has 1 saturated heterocycles. The van der Waals surface area contributed by atoms with E-state index >= 15 is 0 Å². The van der Waals surface area contributed by atoms with Crippen molar-refractivity contribution in [3.8, 4) is 0 Å². The van der Waals surface area contributed by atoms with E-state index in [2.05, 4.69) is 37.5 Å². The first-order valence-corrected chi connectivity index (χ1v) is 14.7. The maximum absolute atomic E-state index is 15.0. The van der Waals surface area contributed by atoms with Crippen LogP contribution in [-0.4, -0.2) is 59.7 Å². The summed E-state index contributed by atoms with van der Waals surface area (Å²) in [6, 6.07) is 7.11. The third-order valence-corrected chi connectivity index (χ3v) is 10.0. The number of rotatable bonds is 6. The van der Waals surface area contributed by atoms with Crippen LogP contribution >= 0.6 is 0 Å². The Morgan fingerprint density at radius 2 is 1.77 bits per heavy atom. The van der Waals surface area contributed by atoms with Gasteiger partial charge < -0.3 is 15.5 Å². The second-order valence-corrected chi connectivity index (χ2v) is 14.0. The summed E-state index contributed by atoms with van der Waals surface area (Å²) in [4.78, 5) is 15.6. The smallest absolute Gasteiger partial charge is 0.240 e. The summed E-state index contributed by atoms with van der Waals surface area (Å²) in [5, 5.41) is 6.31. The zero-order valence-electron chi connectivity index (χ0n) is 23.1. The SMILES string of the molecule is Cc1cnc(Nc2cc(F)c(C3CCN(C)CC3)cn2)nc1Nc1ccc2c(c1)N(S(=O)(=O)C(C)(C)C)CC2. The van der Waals surface area contributed by atoms with Crippen LogP contribution in [0.5, 0.6) is 0 Å². The summed E-state index contributed by atoms with van der Waals surface area (Å²) in [5.41, 5.74) is 3.84. The molecule has 0 bridgehead atoms. The van der Waals surface area contributed by atoms with Gasteiger partial charge in [0.2, 0.25) is 16.0 Å². The zero-order chi connectivity index (χ0) is 27.9. The molecule has 0 amide bonds. The van der Waals surface area contributed by atoms with Crippen LogP contribution in [0.2, 0.25) is 0 Å². The molecule has 9 nitrogen and oxygen atoms in total. The molecule has 4 heterocycles. The molecule has 0 aliphatic carbocycles. The number of pyridine rings is 1. The summed E-state index contributed by atoms with van der Waals surface area (Å²) in [6.07, 6.45) is 5.79. The van der Waals surface area contributed by atoms with Crippen LogP contribution in [-0.2, 0) is 16.4 Å². The second-order valence-electron chi connectivity index (χ2n) is 11.4. The molecule has 5 rings (SSSR count). The number of likely N-dealkylation sites (tertiary alicyclic amines) is 1. The van der Waals surface area contributed by atoms with Crippen molar-refractivity contribution in [2.45, 2.75) is 57.6 Å². The van der Waals surface area contributed by atoms with Crippen molar-refractivity contribution in [3.63, 3.8) is 0 Å². The molecule has 0 radical (unpaired) electrons. The number of benzene rings is 1. The number of piperidine rings is 1. The van der Waals surface area contributed by atoms with E-state index < -0.39 is 14.8 Å². The van der Waals surface area contributed by atoms with E-state index in [1.54, 1.807) is 33.2 Å². The Hall–Kier alpha value is -3.31. The molecule has 2 N–H and O–H groups in total. The number of hydrogen-bond acceptors (Lipinski definition) is 8. The lowest BCUT2D eigenvalue weighted by molar-refractivity contribution is 0.253.